The Hall–Kier alpha value is -2.98. The number of nitro groups is 1. The summed E-state index contributed by atoms with van der Waals surface area (Å²) in [6.07, 6.45) is 3.10. The number of benzene rings is 2. The van der Waals surface area contributed by atoms with Crippen molar-refractivity contribution in [3.63, 3.8) is 0 Å². The van der Waals surface area contributed by atoms with Gasteiger partial charge in [-0.25, -0.2) is 8.42 Å². The lowest BCUT2D eigenvalue weighted by Gasteiger charge is -2.08. The van der Waals surface area contributed by atoms with Crippen LogP contribution in [0.15, 0.2) is 46.2 Å². The number of nitrogens with zero attached hydrogens (tertiary/aromatic N) is 2. The van der Waals surface area contributed by atoms with Gasteiger partial charge in [-0.1, -0.05) is 18.2 Å². The summed E-state index contributed by atoms with van der Waals surface area (Å²) in [6.45, 7) is 0. The van der Waals surface area contributed by atoms with Crippen molar-refractivity contribution >= 4 is 27.7 Å². The minimum atomic E-state index is -3.85. The van der Waals surface area contributed by atoms with Crippen molar-refractivity contribution in [2.75, 3.05) is 0 Å². The van der Waals surface area contributed by atoms with Gasteiger partial charge in [-0.2, -0.15) is 5.26 Å². The van der Waals surface area contributed by atoms with Crippen molar-refractivity contribution < 1.29 is 13.3 Å². The van der Waals surface area contributed by atoms with Gasteiger partial charge in [-0.15, -0.1) is 0 Å². The molecule has 0 saturated heterocycles. The first-order chi connectivity index (χ1) is 10.4. The van der Waals surface area contributed by atoms with Crippen LogP contribution in [0.25, 0.3) is 12.2 Å². The Morgan fingerprint density at radius 2 is 1.73 bits per heavy atom. The summed E-state index contributed by atoms with van der Waals surface area (Å²) < 4.78 is 25.5. The van der Waals surface area contributed by atoms with Crippen LogP contribution in [0.5, 0.6) is 0 Å². The first kappa shape index (κ1) is 14.0. The highest BCUT2D eigenvalue weighted by Gasteiger charge is 2.27. The maximum Gasteiger partial charge on any atom is 0.270 e. The molecule has 108 valence electrons. The summed E-state index contributed by atoms with van der Waals surface area (Å²) in [7, 11) is -3.85. The van der Waals surface area contributed by atoms with Gasteiger partial charge in [-0.05, 0) is 23.8 Å². The van der Waals surface area contributed by atoms with E-state index in [0.29, 0.717) is 5.56 Å². The minimum absolute atomic E-state index is 0.0109. The molecule has 0 atom stereocenters. The van der Waals surface area contributed by atoms with Crippen LogP contribution in [-0.2, 0) is 9.84 Å². The highest BCUT2D eigenvalue weighted by molar-refractivity contribution is 7.91. The molecule has 1 heterocycles. The quantitative estimate of drug-likeness (QED) is 0.508. The molecule has 0 bridgehead atoms. The van der Waals surface area contributed by atoms with Crippen LogP contribution in [0.4, 0.5) is 5.69 Å². The standard InChI is InChI=1S/C15H8N2O4S/c16-9-10-1-2-11-3-4-12-8-13(17(18)19)5-6-14(12)22(20,21)15(11)7-10/h1-8H. The summed E-state index contributed by atoms with van der Waals surface area (Å²) in [5.41, 5.74) is 0.755. The second kappa shape index (κ2) is 4.79. The van der Waals surface area contributed by atoms with Gasteiger partial charge >= 0.3 is 0 Å². The molecule has 0 aliphatic carbocycles. The molecule has 1 aliphatic heterocycles. The van der Waals surface area contributed by atoms with Crippen molar-refractivity contribution in [3.05, 3.63) is 63.2 Å². The van der Waals surface area contributed by atoms with Crippen molar-refractivity contribution in [1.82, 2.24) is 0 Å². The largest absolute Gasteiger partial charge is 0.270 e. The number of nitriles is 1. The van der Waals surface area contributed by atoms with E-state index in [1.54, 1.807) is 12.1 Å². The fraction of sp³-hybridized carbons (Fsp3) is 0. The summed E-state index contributed by atoms with van der Waals surface area (Å²) in [5.74, 6) is 0. The average Bonchev–Trinajstić information content (AvgIpc) is 2.62. The third-order valence-corrected chi connectivity index (χ3v) is 5.25. The smallest absolute Gasteiger partial charge is 0.258 e. The predicted octanol–water partition coefficient (Wildman–Crippen LogP) is 2.78. The SMILES string of the molecule is N#Cc1ccc2c(c1)S(=O)(=O)c1ccc([N+](=O)[O-])cc1C=C2. The number of hydrogen-bond donors (Lipinski definition) is 0. The van der Waals surface area contributed by atoms with E-state index in [0.717, 1.165) is 6.07 Å². The van der Waals surface area contributed by atoms with E-state index in [4.69, 9.17) is 5.26 Å². The summed E-state index contributed by atoms with van der Waals surface area (Å²) >= 11 is 0. The molecule has 3 rings (SSSR count). The van der Waals surface area contributed by atoms with Gasteiger partial charge in [0.05, 0.1) is 26.3 Å². The van der Waals surface area contributed by atoms with Gasteiger partial charge in [0.1, 0.15) is 0 Å². The molecule has 0 N–H and O–H groups in total. The molecule has 0 unspecified atom stereocenters. The van der Waals surface area contributed by atoms with Crippen LogP contribution in [-0.4, -0.2) is 13.3 Å². The van der Waals surface area contributed by atoms with Gasteiger partial charge in [0.2, 0.25) is 9.84 Å². The predicted molar refractivity (Wildman–Crippen MR) is 78.6 cm³/mol. The first-order valence-corrected chi connectivity index (χ1v) is 7.67. The Kier molecular flexibility index (Phi) is 3.04. The number of non-ortho nitro benzene ring substituents is 1. The Balaban J connectivity index is 2.32. The lowest BCUT2D eigenvalue weighted by atomic mass is 10.1. The van der Waals surface area contributed by atoms with Crippen LogP contribution in [0.2, 0.25) is 0 Å². The van der Waals surface area contributed by atoms with E-state index < -0.39 is 14.8 Å². The maximum absolute atomic E-state index is 12.7. The van der Waals surface area contributed by atoms with E-state index in [9.17, 15) is 18.5 Å². The molecule has 0 radical (unpaired) electrons. The molecule has 0 amide bonds. The van der Waals surface area contributed by atoms with Crippen LogP contribution in [0.3, 0.4) is 0 Å². The van der Waals surface area contributed by atoms with Gasteiger partial charge in [0.25, 0.3) is 5.69 Å². The topological polar surface area (TPSA) is 101 Å². The van der Waals surface area contributed by atoms with Crippen molar-refractivity contribution in [2.24, 2.45) is 0 Å². The van der Waals surface area contributed by atoms with Crippen molar-refractivity contribution in [3.8, 4) is 6.07 Å². The molecule has 0 fully saturated rings. The molecule has 6 nitrogen and oxygen atoms in total. The summed E-state index contributed by atoms with van der Waals surface area (Å²) in [6, 6.07) is 9.89. The van der Waals surface area contributed by atoms with Gasteiger partial charge in [0, 0.05) is 17.7 Å². The maximum atomic E-state index is 12.7. The lowest BCUT2D eigenvalue weighted by Crippen LogP contribution is -2.05. The second-order valence-corrected chi connectivity index (χ2v) is 6.57. The van der Waals surface area contributed by atoms with Crippen molar-refractivity contribution in [1.29, 1.82) is 5.26 Å². The van der Waals surface area contributed by atoms with Crippen LogP contribution in [0, 0.1) is 21.4 Å². The zero-order valence-corrected chi connectivity index (χ0v) is 11.9. The molecule has 0 aromatic heterocycles. The molecule has 2 aromatic rings. The fourth-order valence-electron chi connectivity index (χ4n) is 2.30. The third-order valence-electron chi connectivity index (χ3n) is 3.37. The molecular weight excluding hydrogens is 304 g/mol. The summed E-state index contributed by atoms with van der Waals surface area (Å²) in [5, 5.41) is 19.8. The number of nitro benzene ring substituents is 1. The van der Waals surface area contributed by atoms with Gasteiger partial charge in [-0.3, -0.25) is 10.1 Å². The second-order valence-electron chi connectivity index (χ2n) is 4.68. The van der Waals surface area contributed by atoms with Crippen molar-refractivity contribution in [2.45, 2.75) is 9.79 Å². The third kappa shape index (κ3) is 2.06. The zero-order chi connectivity index (χ0) is 15.9. The lowest BCUT2D eigenvalue weighted by molar-refractivity contribution is -0.384. The van der Waals surface area contributed by atoms with Crippen LogP contribution >= 0.6 is 0 Å². The van der Waals surface area contributed by atoms with Crippen LogP contribution in [0.1, 0.15) is 16.7 Å². The number of fused-ring (bicyclic) bond motifs is 2. The highest BCUT2D eigenvalue weighted by Crippen LogP contribution is 2.34. The molecular formula is C15H8N2O4S. The van der Waals surface area contributed by atoms with E-state index >= 15 is 0 Å². The van der Waals surface area contributed by atoms with E-state index in [-0.39, 0.29) is 26.6 Å². The molecule has 22 heavy (non-hydrogen) atoms. The van der Waals surface area contributed by atoms with E-state index in [1.165, 1.54) is 30.3 Å². The number of rotatable bonds is 1. The number of hydrogen-bond acceptors (Lipinski definition) is 5. The van der Waals surface area contributed by atoms with Crippen LogP contribution < -0.4 is 0 Å². The van der Waals surface area contributed by atoms with Gasteiger partial charge < -0.3 is 0 Å². The molecule has 0 spiro atoms. The summed E-state index contributed by atoms with van der Waals surface area (Å²) in [4.78, 5) is 10.3. The number of sulfone groups is 1. The highest BCUT2D eigenvalue weighted by atomic mass is 32.2. The zero-order valence-electron chi connectivity index (χ0n) is 11.1. The van der Waals surface area contributed by atoms with E-state index in [1.807, 2.05) is 6.07 Å². The molecule has 7 heteroatoms. The Labute approximate surface area is 126 Å². The van der Waals surface area contributed by atoms with E-state index in [2.05, 4.69) is 0 Å². The fourth-order valence-corrected chi connectivity index (χ4v) is 3.95. The minimum Gasteiger partial charge on any atom is -0.258 e. The monoisotopic (exact) mass is 312 g/mol. The Bertz CT molecular complexity index is 985. The normalized spacial score (nSPS) is 14.3. The molecule has 0 saturated carbocycles. The first-order valence-electron chi connectivity index (χ1n) is 6.19. The Morgan fingerprint density at radius 1 is 1.00 bits per heavy atom. The van der Waals surface area contributed by atoms with Gasteiger partial charge in [0.15, 0.2) is 0 Å². The average molecular weight is 312 g/mol. The molecule has 1 aliphatic rings. The molecule has 2 aromatic carbocycles. The Morgan fingerprint density at radius 3 is 2.41 bits per heavy atom.